The predicted molar refractivity (Wildman–Crippen MR) is 61.2 cm³/mol. The summed E-state index contributed by atoms with van der Waals surface area (Å²) in [6.07, 6.45) is 5.02. The van der Waals surface area contributed by atoms with E-state index in [-0.39, 0.29) is 0 Å². The summed E-state index contributed by atoms with van der Waals surface area (Å²) in [5, 5.41) is 8.85. The molecule has 15 heavy (non-hydrogen) atoms. The Kier molecular flexibility index (Phi) is 3.86. The summed E-state index contributed by atoms with van der Waals surface area (Å²) < 4.78 is 0. The molecule has 0 unspecified atom stereocenters. The minimum Gasteiger partial charge on any atom is -0.478 e. The van der Waals surface area contributed by atoms with E-state index >= 15 is 0 Å². The number of hydrogen-bond donors (Lipinski definition) is 1. The van der Waals surface area contributed by atoms with E-state index in [0.29, 0.717) is 12.0 Å². The van der Waals surface area contributed by atoms with Gasteiger partial charge in [0.25, 0.3) is 0 Å². The Morgan fingerprint density at radius 2 is 1.80 bits per heavy atom. The summed E-state index contributed by atoms with van der Waals surface area (Å²) in [5.41, 5.74) is 2.43. The van der Waals surface area contributed by atoms with Crippen LogP contribution in [0, 0.1) is 0 Å². The Bertz CT molecular complexity index is 392. The van der Waals surface area contributed by atoms with Gasteiger partial charge in [-0.25, -0.2) is 4.79 Å². The lowest BCUT2D eigenvalue weighted by atomic mass is 9.99. The molecule has 2 heteroatoms. The van der Waals surface area contributed by atoms with Crippen molar-refractivity contribution < 1.29 is 9.90 Å². The third kappa shape index (κ3) is 2.81. The molecule has 0 heterocycles. The largest absolute Gasteiger partial charge is 0.478 e. The van der Waals surface area contributed by atoms with Gasteiger partial charge in [0.2, 0.25) is 0 Å². The second-order valence-corrected chi connectivity index (χ2v) is 3.27. The van der Waals surface area contributed by atoms with Gasteiger partial charge in [-0.15, -0.1) is 13.2 Å². The number of allylic oxidation sites excluding steroid dienone is 2. The third-order valence-electron chi connectivity index (χ3n) is 2.18. The van der Waals surface area contributed by atoms with Crippen LogP contribution in [0.3, 0.4) is 0 Å². The molecule has 0 aliphatic heterocycles. The minimum atomic E-state index is -0.898. The number of hydrogen-bond acceptors (Lipinski definition) is 1. The zero-order chi connectivity index (χ0) is 11.3. The molecule has 2 nitrogen and oxygen atoms in total. The van der Waals surface area contributed by atoms with E-state index in [4.69, 9.17) is 5.11 Å². The van der Waals surface area contributed by atoms with Crippen LogP contribution >= 0.6 is 0 Å². The van der Waals surface area contributed by atoms with Crippen LogP contribution in [0.4, 0.5) is 0 Å². The fourth-order valence-corrected chi connectivity index (χ4v) is 1.46. The number of carboxylic acids is 1. The molecule has 0 spiro atoms. The highest BCUT2D eigenvalue weighted by Gasteiger charge is 2.06. The Balaban J connectivity index is 3.13. The zero-order valence-electron chi connectivity index (χ0n) is 8.57. The summed E-state index contributed by atoms with van der Waals surface area (Å²) in [5.74, 6) is -0.898. The fraction of sp³-hybridized carbons (Fsp3) is 0.154. The van der Waals surface area contributed by atoms with Gasteiger partial charge in [-0.1, -0.05) is 18.2 Å². The standard InChI is InChI=1S/C13H14O2/c1-3-5-10-7-8-12(13(14)15)9-11(10)6-4-2/h3-4,7-9H,1-2,5-6H2,(H,14,15). The first-order valence-electron chi connectivity index (χ1n) is 4.76. The first-order chi connectivity index (χ1) is 7.19. The van der Waals surface area contributed by atoms with E-state index in [2.05, 4.69) is 13.2 Å². The lowest BCUT2D eigenvalue weighted by Crippen LogP contribution is -2.00. The van der Waals surface area contributed by atoms with Crippen molar-refractivity contribution in [2.24, 2.45) is 0 Å². The SMILES string of the molecule is C=CCc1ccc(C(=O)O)cc1CC=C. The molecule has 78 valence electrons. The molecule has 0 amide bonds. The molecule has 1 aromatic rings. The van der Waals surface area contributed by atoms with Crippen LogP contribution < -0.4 is 0 Å². The second-order valence-electron chi connectivity index (χ2n) is 3.27. The van der Waals surface area contributed by atoms with Gasteiger partial charge in [-0.05, 0) is 36.1 Å². The molecular weight excluding hydrogens is 188 g/mol. The lowest BCUT2D eigenvalue weighted by Gasteiger charge is -2.06. The maximum Gasteiger partial charge on any atom is 0.335 e. The molecule has 0 aliphatic rings. The van der Waals surface area contributed by atoms with Crippen molar-refractivity contribution in [3.05, 3.63) is 60.2 Å². The first-order valence-corrected chi connectivity index (χ1v) is 4.76. The van der Waals surface area contributed by atoms with Crippen LogP contribution in [-0.2, 0) is 12.8 Å². The molecule has 0 radical (unpaired) electrons. The molecule has 0 fully saturated rings. The third-order valence-corrected chi connectivity index (χ3v) is 2.18. The van der Waals surface area contributed by atoms with Crippen molar-refractivity contribution >= 4 is 5.97 Å². The first kappa shape index (κ1) is 11.2. The molecule has 1 rings (SSSR count). The van der Waals surface area contributed by atoms with Gasteiger partial charge in [0, 0.05) is 0 Å². The summed E-state index contributed by atoms with van der Waals surface area (Å²) in [6.45, 7) is 7.33. The van der Waals surface area contributed by atoms with Crippen LogP contribution in [0.2, 0.25) is 0 Å². The molecule has 0 bridgehead atoms. The van der Waals surface area contributed by atoms with Gasteiger partial charge in [0.1, 0.15) is 0 Å². The number of aromatic carboxylic acids is 1. The van der Waals surface area contributed by atoms with E-state index in [1.165, 1.54) is 0 Å². The van der Waals surface area contributed by atoms with E-state index < -0.39 is 5.97 Å². The molecule has 0 saturated carbocycles. The highest BCUT2D eigenvalue weighted by atomic mass is 16.4. The Morgan fingerprint density at radius 3 is 2.33 bits per heavy atom. The second kappa shape index (κ2) is 5.15. The van der Waals surface area contributed by atoms with Crippen LogP contribution in [0.15, 0.2) is 43.5 Å². The van der Waals surface area contributed by atoms with E-state index in [1.54, 1.807) is 18.2 Å². The van der Waals surface area contributed by atoms with Gasteiger partial charge in [-0.3, -0.25) is 0 Å². The van der Waals surface area contributed by atoms with Crippen LogP contribution in [0.1, 0.15) is 21.5 Å². The van der Waals surface area contributed by atoms with Crippen LogP contribution in [0.5, 0.6) is 0 Å². The molecule has 1 N–H and O–H groups in total. The number of benzene rings is 1. The van der Waals surface area contributed by atoms with Crippen molar-refractivity contribution in [2.75, 3.05) is 0 Å². The molecule has 0 aromatic heterocycles. The molecule has 0 atom stereocenters. The van der Waals surface area contributed by atoms with Crippen molar-refractivity contribution in [3.63, 3.8) is 0 Å². The average Bonchev–Trinajstić information content (AvgIpc) is 2.21. The topological polar surface area (TPSA) is 37.3 Å². The molecular formula is C13H14O2. The number of carboxylic acid groups (broad SMARTS) is 1. The summed E-state index contributed by atoms with van der Waals surface area (Å²) in [6, 6.07) is 5.15. The van der Waals surface area contributed by atoms with Gasteiger partial charge in [0.05, 0.1) is 5.56 Å². The van der Waals surface area contributed by atoms with Crippen molar-refractivity contribution in [1.82, 2.24) is 0 Å². The van der Waals surface area contributed by atoms with Crippen molar-refractivity contribution in [1.29, 1.82) is 0 Å². The molecule has 1 aromatic carbocycles. The van der Waals surface area contributed by atoms with Crippen LogP contribution in [-0.4, -0.2) is 11.1 Å². The zero-order valence-corrected chi connectivity index (χ0v) is 8.57. The quantitative estimate of drug-likeness (QED) is 0.745. The Labute approximate surface area is 89.6 Å². The van der Waals surface area contributed by atoms with Crippen molar-refractivity contribution in [3.8, 4) is 0 Å². The predicted octanol–water partition coefficient (Wildman–Crippen LogP) is 2.84. The Morgan fingerprint density at radius 1 is 1.20 bits per heavy atom. The van der Waals surface area contributed by atoms with E-state index in [0.717, 1.165) is 17.5 Å². The average molecular weight is 202 g/mol. The van der Waals surface area contributed by atoms with E-state index in [1.807, 2.05) is 12.1 Å². The maximum atomic E-state index is 10.8. The van der Waals surface area contributed by atoms with E-state index in [9.17, 15) is 4.79 Å². The van der Waals surface area contributed by atoms with Gasteiger partial charge in [-0.2, -0.15) is 0 Å². The van der Waals surface area contributed by atoms with Gasteiger partial charge < -0.3 is 5.11 Å². The highest BCUT2D eigenvalue weighted by Crippen LogP contribution is 2.14. The number of rotatable bonds is 5. The lowest BCUT2D eigenvalue weighted by molar-refractivity contribution is 0.0697. The van der Waals surface area contributed by atoms with Crippen molar-refractivity contribution in [2.45, 2.75) is 12.8 Å². The highest BCUT2D eigenvalue weighted by molar-refractivity contribution is 5.87. The maximum absolute atomic E-state index is 10.8. The van der Waals surface area contributed by atoms with Gasteiger partial charge in [0.15, 0.2) is 0 Å². The molecule has 0 aliphatic carbocycles. The normalized spacial score (nSPS) is 9.60. The molecule has 0 saturated heterocycles. The summed E-state index contributed by atoms with van der Waals surface area (Å²) >= 11 is 0. The number of carbonyl (C=O) groups is 1. The van der Waals surface area contributed by atoms with Gasteiger partial charge >= 0.3 is 5.97 Å². The summed E-state index contributed by atoms with van der Waals surface area (Å²) in [7, 11) is 0. The monoisotopic (exact) mass is 202 g/mol. The fourth-order valence-electron chi connectivity index (χ4n) is 1.46. The Hall–Kier alpha value is -1.83. The summed E-state index contributed by atoms with van der Waals surface area (Å²) in [4.78, 5) is 10.8. The smallest absolute Gasteiger partial charge is 0.335 e. The minimum absolute atomic E-state index is 0.319. The van der Waals surface area contributed by atoms with Crippen LogP contribution in [0.25, 0.3) is 0 Å².